The topological polar surface area (TPSA) is 107 Å². The molecule has 2 aliphatic rings. The van der Waals surface area contributed by atoms with Crippen LogP contribution in [0, 0.1) is 11.3 Å². The summed E-state index contributed by atoms with van der Waals surface area (Å²) < 4.78 is 11.3. The Morgan fingerprint density at radius 1 is 1.22 bits per heavy atom. The normalized spacial score (nSPS) is 19.9. The van der Waals surface area contributed by atoms with E-state index in [0.717, 1.165) is 51.4 Å². The van der Waals surface area contributed by atoms with Crippen LogP contribution in [0.1, 0.15) is 46.1 Å². The maximum absolute atomic E-state index is 9.61. The SMILES string of the molecule is CC1(C)CC(Nc2nc(Nc3ccc(OCCN4CCOCC4)c(Cl)c3)ncc2C#N)CC(C)(C)N1. The highest BCUT2D eigenvalue weighted by molar-refractivity contribution is 6.32. The molecule has 2 aliphatic heterocycles. The smallest absolute Gasteiger partial charge is 0.229 e. The van der Waals surface area contributed by atoms with E-state index in [1.807, 2.05) is 12.1 Å². The average molecular weight is 514 g/mol. The summed E-state index contributed by atoms with van der Waals surface area (Å²) in [6.45, 7) is 13.6. The van der Waals surface area contributed by atoms with Crippen LogP contribution in [-0.4, -0.2) is 71.4 Å². The highest BCUT2D eigenvalue weighted by Crippen LogP contribution is 2.32. The summed E-state index contributed by atoms with van der Waals surface area (Å²) in [5.74, 6) is 1.55. The Labute approximate surface area is 218 Å². The van der Waals surface area contributed by atoms with Gasteiger partial charge >= 0.3 is 0 Å². The second-order valence-electron chi connectivity index (χ2n) is 10.8. The van der Waals surface area contributed by atoms with Gasteiger partial charge in [-0.1, -0.05) is 11.6 Å². The first-order valence-electron chi connectivity index (χ1n) is 12.4. The zero-order chi connectivity index (χ0) is 25.8. The molecule has 10 heteroatoms. The molecule has 0 atom stereocenters. The Morgan fingerprint density at radius 2 is 1.94 bits per heavy atom. The van der Waals surface area contributed by atoms with Crippen LogP contribution >= 0.6 is 11.6 Å². The van der Waals surface area contributed by atoms with E-state index in [4.69, 9.17) is 21.1 Å². The average Bonchev–Trinajstić information content (AvgIpc) is 2.79. The van der Waals surface area contributed by atoms with Crippen LogP contribution in [0.2, 0.25) is 5.02 Å². The number of benzene rings is 1. The van der Waals surface area contributed by atoms with Crippen LogP contribution in [0.15, 0.2) is 24.4 Å². The number of anilines is 3. The Hall–Kier alpha value is -2.64. The fourth-order valence-corrected chi connectivity index (χ4v) is 5.42. The van der Waals surface area contributed by atoms with Crippen molar-refractivity contribution in [2.24, 2.45) is 0 Å². The van der Waals surface area contributed by atoms with Crippen LogP contribution in [0.3, 0.4) is 0 Å². The lowest BCUT2D eigenvalue weighted by atomic mass is 9.79. The number of rotatable bonds is 8. The van der Waals surface area contributed by atoms with Crippen LogP contribution in [-0.2, 0) is 4.74 Å². The van der Waals surface area contributed by atoms with Gasteiger partial charge in [-0.05, 0) is 58.7 Å². The fraction of sp³-hybridized carbons (Fsp3) is 0.577. The first kappa shape index (κ1) is 26.4. The number of halogens is 1. The van der Waals surface area contributed by atoms with Gasteiger partial charge in [0.05, 0.1) is 24.4 Å². The van der Waals surface area contributed by atoms with Crippen molar-refractivity contribution >= 4 is 29.1 Å². The van der Waals surface area contributed by atoms with Crippen molar-refractivity contribution in [1.82, 2.24) is 20.2 Å². The van der Waals surface area contributed by atoms with E-state index < -0.39 is 0 Å². The molecule has 36 heavy (non-hydrogen) atoms. The number of piperidine rings is 1. The lowest BCUT2D eigenvalue weighted by Crippen LogP contribution is -2.60. The quantitative estimate of drug-likeness (QED) is 0.479. The van der Waals surface area contributed by atoms with E-state index in [2.05, 4.69) is 64.6 Å². The predicted molar refractivity (Wildman–Crippen MR) is 142 cm³/mol. The third-order valence-electron chi connectivity index (χ3n) is 6.40. The first-order valence-corrected chi connectivity index (χ1v) is 12.8. The van der Waals surface area contributed by atoms with Crippen LogP contribution < -0.4 is 20.7 Å². The molecule has 3 heterocycles. The van der Waals surface area contributed by atoms with Gasteiger partial charge in [0.2, 0.25) is 5.95 Å². The summed E-state index contributed by atoms with van der Waals surface area (Å²) in [6, 6.07) is 7.88. The Kier molecular flexibility index (Phi) is 8.20. The number of hydrogen-bond donors (Lipinski definition) is 3. The maximum atomic E-state index is 9.61. The Morgan fingerprint density at radius 3 is 2.61 bits per heavy atom. The van der Waals surface area contributed by atoms with E-state index in [1.165, 1.54) is 0 Å². The summed E-state index contributed by atoms with van der Waals surface area (Å²) in [5, 5.41) is 20.5. The molecule has 0 spiro atoms. The van der Waals surface area contributed by atoms with Crippen molar-refractivity contribution in [2.45, 2.75) is 57.7 Å². The molecule has 0 radical (unpaired) electrons. The highest BCUT2D eigenvalue weighted by Gasteiger charge is 2.38. The molecule has 2 fully saturated rings. The lowest BCUT2D eigenvalue weighted by molar-refractivity contribution is 0.0322. The van der Waals surface area contributed by atoms with Gasteiger partial charge in [-0.15, -0.1) is 0 Å². The Balaban J connectivity index is 1.40. The zero-order valence-corrected chi connectivity index (χ0v) is 22.3. The molecular formula is C26H36ClN7O2. The van der Waals surface area contributed by atoms with Gasteiger partial charge in [-0.2, -0.15) is 10.2 Å². The number of ether oxygens (including phenoxy) is 2. The second-order valence-corrected chi connectivity index (χ2v) is 11.2. The molecular weight excluding hydrogens is 478 g/mol. The summed E-state index contributed by atoms with van der Waals surface area (Å²) in [6.07, 6.45) is 3.37. The van der Waals surface area contributed by atoms with Crippen molar-refractivity contribution < 1.29 is 9.47 Å². The van der Waals surface area contributed by atoms with Crippen molar-refractivity contribution in [3.05, 3.63) is 35.0 Å². The molecule has 1 aromatic heterocycles. The number of aromatic nitrogens is 2. The molecule has 0 amide bonds. The van der Waals surface area contributed by atoms with Gasteiger partial charge in [0.1, 0.15) is 29.8 Å². The number of morpholine rings is 1. The minimum atomic E-state index is -0.0247. The van der Waals surface area contributed by atoms with E-state index in [1.54, 1.807) is 12.3 Å². The number of nitrogens with zero attached hydrogens (tertiary/aromatic N) is 4. The largest absolute Gasteiger partial charge is 0.491 e. The molecule has 2 aromatic rings. The summed E-state index contributed by atoms with van der Waals surface area (Å²) in [4.78, 5) is 11.3. The minimum Gasteiger partial charge on any atom is -0.491 e. The van der Waals surface area contributed by atoms with Crippen LogP contribution in [0.4, 0.5) is 17.5 Å². The molecule has 0 aliphatic carbocycles. The third kappa shape index (κ3) is 7.20. The maximum Gasteiger partial charge on any atom is 0.229 e. The molecule has 0 saturated carbocycles. The van der Waals surface area contributed by atoms with E-state index in [9.17, 15) is 5.26 Å². The van der Waals surface area contributed by atoms with Gasteiger partial charge in [-0.25, -0.2) is 4.98 Å². The minimum absolute atomic E-state index is 0.0247. The number of nitrogens with one attached hydrogen (secondary N) is 3. The molecule has 2 saturated heterocycles. The molecule has 3 N–H and O–H groups in total. The zero-order valence-electron chi connectivity index (χ0n) is 21.5. The Bertz CT molecular complexity index is 1080. The van der Waals surface area contributed by atoms with Gasteiger partial charge in [0.25, 0.3) is 0 Å². The van der Waals surface area contributed by atoms with Gasteiger partial charge in [-0.3, -0.25) is 4.90 Å². The first-order chi connectivity index (χ1) is 17.1. The van der Waals surface area contributed by atoms with E-state index in [0.29, 0.717) is 34.7 Å². The van der Waals surface area contributed by atoms with Crippen molar-refractivity contribution in [1.29, 1.82) is 5.26 Å². The molecule has 0 bridgehead atoms. The van der Waals surface area contributed by atoms with E-state index >= 15 is 0 Å². The molecule has 4 rings (SSSR count). The second kappa shape index (κ2) is 11.2. The molecule has 194 valence electrons. The molecule has 9 nitrogen and oxygen atoms in total. The molecule has 1 aromatic carbocycles. The van der Waals surface area contributed by atoms with Gasteiger partial charge < -0.3 is 25.4 Å². The summed E-state index contributed by atoms with van der Waals surface area (Å²) in [5.41, 5.74) is 1.10. The third-order valence-corrected chi connectivity index (χ3v) is 6.69. The van der Waals surface area contributed by atoms with Crippen molar-refractivity contribution in [3.8, 4) is 11.8 Å². The highest BCUT2D eigenvalue weighted by atomic mass is 35.5. The van der Waals surface area contributed by atoms with Gasteiger partial charge in [0, 0.05) is 42.4 Å². The standard InChI is InChI=1S/C26H36ClN7O2/c1-25(2)14-20(15-26(3,4)33-25)30-23-18(16-28)17-29-24(32-23)31-19-5-6-22(21(27)13-19)36-12-9-34-7-10-35-11-8-34/h5-6,13,17,20,33H,7-12,14-15H2,1-4H3,(H2,29,30,31,32). The van der Waals surface area contributed by atoms with E-state index in [-0.39, 0.29) is 17.1 Å². The summed E-state index contributed by atoms with van der Waals surface area (Å²) in [7, 11) is 0. The van der Waals surface area contributed by atoms with Crippen LogP contribution in [0.5, 0.6) is 5.75 Å². The predicted octanol–water partition coefficient (Wildman–Crippen LogP) is 4.18. The fourth-order valence-electron chi connectivity index (χ4n) is 5.19. The lowest BCUT2D eigenvalue weighted by Gasteiger charge is -2.46. The van der Waals surface area contributed by atoms with Crippen molar-refractivity contribution in [3.63, 3.8) is 0 Å². The number of hydrogen-bond acceptors (Lipinski definition) is 9. The van der Waals surface area contributed by atoms with Crippen molar-refractivity contribution in [2.75, 3.05) is 50.1 Å². The van der Waals surface area contributed by atoms with Crippen LogP contribution in [0.25, 0.3) is 0 Å². The number of nitriles is 1. The molecule has 0 unspecified atom stereocenters. The summed E-state index contributed by atoms with van der Waals surface area (Å²) >= 11 is 6.48. The van der Waals surface area contributed by atoms with Gasteiger partial charge in [0.15, 0.2) is 0 Å². The monoisotopic (exact) mass is 513 g/mol.